The standard InChI is InChI=1S/C18H23N3OS/c22-17(20-9-3-4-10-20)13-14-7-11-21(12-8-14)18-15-5-1-2-6-16(15)19-23-18/h1-2,5-6,14H,3-4,7-13H2. The molecule has 5 heteroatoms. The molecule has 0 bridgehead atoms. The van der Waals surface area contributed by atoms with E-state index in [2.05, 4.69) is 32.4 Å². The highest BCUT2D eigenvalue weighted by Gasteiger charge is 2.26. The number of rotatable bonds is 3. The molecule has 4 rings (SSSR count). The van der Waals surface area contributed by atoms with Crippen LogP contribution in [0.15, 0.2) is 24.3 Å². The molecule has 2 aliphatic heterocycles. The predicted molar refractivity (Wildman–Crippen MR) is 95.0 cm³/mol. The largest absolute Gasteiger partial charge is 0.362 e. The van der Waals surface area contributed by atoms with Crippen molar-refractivity contribution in [1.82, 2.24) is 9.27 Å². The summed E-state index contributed by atoms with van der Waals surface area (Å²) >= 11 is 1.61. The second kappa shape index (κ2) is 6.48. The van der Waals surface area contributed by atoms with Crippen LogP contribution in [0.4, 0.5) is 5.00 Å². The number of hydrogen-bond donors (Lipinski definition) is 0. The number of carbonyl (C=O) groups is 1. The molecule has 23 heavy (non-hydrogen) atoms. The number of anilines is 1. The summed E-state index contributed by atoms with van der Waals surface area (Å²) < 4.78 is 4.55. The smallest absolute Gasteiger partial charge is 0.222 e. The van der Waals surface area contributed by atoms with Crippen molar-refractivity contribution >= 4 is 33.3 Å². The Hall–Kier alpha value is -1.62. The molecule has 0 saturated carbocycles. The lowest BCUT2D eigenvalue weighted by Crippen LogP contribution is -2.36. The third-order valence-electron chi connectivity index (χ3n) is 5.19. The van der Waals surface area contributed by atoms with Gasteiger partial charge >= 0.3 is 0 Å². The molecule has 0 radical (unpaired) electrons. The summed E-state index contributed by atoms with van der Waals surface area (Å²) in [4.78, 5) is 16.8. The first kappa shape index (κ1) is 14.9. The topological polar surface area (TPSA) is 36.4 Å². The van der Waals surface area contributed by atoms with Crippen LogP contribution in [0.5, 0.6) is 0 Å². The zero-order valence-electron chi connectivity index (χ0n) is 13.4. The van der Waals surface area contributed by atoms with Crippen LogP contribution >= 0.6 is 11.5 Å². The molecule has 1 amide bonds. The minimum Gasteiger partial charge on any atom is -0.362 e. The maximum atomic E-state index is 12.3. The van der Waals surface area contributed by atoms with Gasteiger partial charge in [-0.25, -0.2) is 0 Å². The van der Waals surface area contributed by atoms with Crippen LogP contribution < -0.4 is 4.90 Å². The van der Waals surface area contributed by atoms with Gasteiger partial charge < -0.3 is 9.80 Å². The molecule has 0 aliphatic carbocycles. The van der Waals surface area contributed by atoms with E-state index in [-0.39, 0.29) is 0 Å². The molecule has 0 spiro atoms. The second-order valence-electron chi connectivity index (χ2n) is 6.73. The number of hydrogen-bond acceptors (Lipinski definition) is 4. The molecule has 0 atom stereocenters. The molecule has 2 aliphatic rings. The molecular formula is C18H23N3OS. The van der Waals surface area contributed by atoms with Crippen LogP contribution in [0.3, 0.4) is 0 Å². The highest BCUT2D eigenvalue weighted by Crippen LogP contribution is 2.34. The number of amides is 1. The van der Waals surface area contributed by atoms with Crippen molar-refractivity contribution in [3.8, 4) is 0 Å². The van der Waals surface area contributed by atoms with Gasteiger partial charge in [0.1, 0.15) is 5.00 Å². The summed E-state index contributed by atoms with van der Waals surface area (Å²) in [6.45, 7) is 4.04. The fraction of sp³-hybridized carbons (Fsp3) is 0.556. The van der Waals surface area contributed by atoms with Gasteiger partial charge in [-0.15, -0.1) is 0 Å². The van der Waals surface area contributed by atoms with E-state index in [9.17, 15) is 4.79 Å². The monoisotopic (exact) mass is 329 g/mol. The summed E-state index contributed by atoms with van der Waals surface area (Å²) in [5, 5.41) is 2.56. The number of benzene rings is 1. The molecule has 0 N–H and O–H groups in total. The average Bonchev–Trinajstić information content (AvgIpc) is 3.25. The molecule has 122 valence electrons. The van der Waals surface area contributed by atoms with Gasteiger partial charge in [-0.2, -0.15) is 4.37 Å². The van der Waals surface area contributed by atoms with Gasteiger partial charge in [0.25, 0.3) is 0 Å². The van der Waals surface area contributed by atoms with Crippen molar-refractivity contribution in [2.45, 2.75) is 32.1 Å². The number of aromatic nitrogens is 1. The molecule has 2 fully saturated rings. The number of piperidine rings is 1. The Morgan fingerprint density at radius 3 is 2.65 bits per heavy atom. The van der Waals surface area contributed by atoms with Crippen molar-refractivity contribution < 1.29 is 4.79 Å². The minimum atomic E-state index is 0.379. The van der Waals surface area contributed by atoms with Crippen molar-refractivity contribution in [3.05, 3.63) is 24.3 Å². The van der Waals surface area contributed by atoms with Crippen LogP contribution in [0.2, 0.25) is 0 Å². The number of carbonyl (C=O) groups excluding carboxylic acids is 1. The van der Waals surface area contributed by atoms with E-state index in [4.69, 9.17) is 0 Å². The fourth-order valence-corrected chi connectivity index (χ4v) is 4.70. The molecule has 1 aromatic carbocycles. The SMILES string of the molecule is O=C(CC1CCN(c2snc3ccccc23)CC1)N1CCCC1. The average molecular weight is 329 g/mol. The van der Waals surface area contributed by atoms with Gasteiger partial charge in [0.05, 0.1) is 5.52 Å². The normalized spacial score (nSPS) is 19.7. The van der Waals surface area contributed by atoms with Crippen molar-refractivity contribution in [2.75, 3.05) is 31.1 Å². The van der Waals surface area contributed by atoms with Gasteiger partial charge in [0.2, 0.25) is 5.91 Å². The first-order valence-electron chi connectivity index (χ1n) is 8.68. The maximum absolute atomic E-state index is 12.3. The Balaban J connectivity index is 1.36. The number of likely N-dealkylation sites (tertiary alicyclic amines) is 1. The summed E-state index contributed by atoms with van der Waals surface area (Å²) in [7, 11) is 0. The Morgan fingerprint density at radius 1 is 1.13 bits per heavy atom. The van der Waals surface area contributed by atoms with E-state index in [1.165, 1.54) is 23.2 Å². The minimum absolute atomic E-state index is 0.379. The number of nitrogens with zero attached hydrogens (tertiary/aromatic N) is 3. The van der Waals surface area contributed by atoms with Crippen LogP contribution in [-0.4, -0.2) is 41.4 Å². The molecule has 1 aromatic heterocycles. The summed E-state index contributed by atoms with van der Waals surface area (Å²) in [6.07, 6.45) is 5.35. The highest BCUT2D eigenvalue weighted by atomic mass is 32.1. The lowest BCUT2D eigenvalue weighted by molar-refractivity contribution is -0.131. The Kier molecular flexibility index (Phi) is 4.21. The second-order valence-corrected chi connectivity index (χ2v) is 7.48. The van der Waals surface area contributed by atoms with Gasteiger partial charge in [-0.3, -0.25) is 4.79 Å². The third kappa shape index (κ3) is 3.07. The maximum Gasteiger partial charge on any atom is 0.222 e. The number of fused-ring (bicyclic) bond motifs is 1. The van der Waals surface area contributed by atoms with Gasteiger partial charge in [0, 0.05) is 38.0 Å². The molecule has 2 saturated heterocycles. The van der Waals surface area contributed by atoms with Crippen LogP contribution in [-0.2, 0) is 4.79 Å². The van der Waals surface area contributed by atoms with E-state index in [1.807, 2.05) is 6.07 Å². The van der Waals surface area contributed by atoms with Crippen molar-refractivity contribution in [2.24, 2.45) is 5.92 Å². The Labute approximate surface area is 141 Å². The van der Waals surface area contributed by atoms with Crippen molar-refractivity contribution in [1.29, 1.82) is 0 Å². The Morgan fingerprint density at radius 2 is 1.87 bits per heavy atom. The van der Waals surface area contributed by atoms with E-state index < -0.39 is 0 Å². The zero-order chi connectivity index (χ0) is 15.6. The van der Waals surface area contributed by atoms with Gasteiger partial charge in [0.15, 0.2) is 0 Å². The fourth-order valence-electron chi connectivity index (χ4n) is 3.79. The molecule has 4 nitrogen and oxygen atoms in total. The molecule has 3 heterocycles. The van der Waals surface area contributed by atoms with Crippen LogP contribution in [0, 0.1) is 5.92 Å². The summed E-state index contributed by atoms with van der Waals surface area (Å²) in [6, 6.07) is 8.37. The lowest BCUT2D eigenvalue weighted by atomic mass is 9.93. The van der Waals surface area contributed by atoms with E-state index in [0.717, 1.165) is 51.0 Å². The molecule has 2 aromatic rings. The predicted octanol–water partition coefficient (Wildman–Crippen LogP) is 3.53. The van der Waals surface area contributed by atoms with E-state index in [0.29, 0.717) is 11.8 Å². The van der Waals surface area contributed by atoms with Crippen LogP contribution in [0.1, 0.15) is 32.1 Å². The Bertz CT molecular complexity index is 684. The summed E-state index contributed by atoms with van der Waals surface area (Å²) in [5.41, 5.74) is 1.10. The molecule has 0 unspecified atom stereocenters. The highest BCUT2D eigenvalue weighted by molar-refractivity contribution is 7.11. The van der Waals surface area contributed by atoms with Crippen LogP contribution in [0.25, 0.3) is 10.9 Å². The quantitative estimate of drug-likeness (QED) is 0.864. The first-order valence-corrected chi connectivity index (χ1v) is 9.46. The van der Waals surface area contributed by atoms with Gasteiger partial charge in [-0.05, 0) is 55.3 Å². The first-order chi connectivity index (χ1) is 11.3. The van der Waals surface area contributed by atoms with E-state index >= 15 is 0 Å². The van der Waals surface area contributed by atoms with Gasteiger partial charge in [-0.1, -0.05) is 12.1 Å². The van der Waals surface area contributed by atoms with E-state index in [1.54, 1.807) is 11.5 Å². The van der Waals surface area contributed by atoms with Crippen molar-refractivity contribution in [3.63, 3.8) is 0 Å². The zero-order valence-corrected chi connectivity index (χ0v) is 14.2. The summed E-state index contributed by atoms with van der Waals surface area (Å²) in [5.74, 6) is 0.933. The third-order valence-corrected chi connectivity index (χ3v) is 6.13. The lowest BCUT2D eigenvalue weighted by Gasteiger charge is -2.33. The molecular weight excluding hydrogens is 306 g/mol.